The molecule has 0 heterocycles. The Balaban J connectivity index is 2.50. The Hall–Kier alpha value is -0.610. The molecule has 0 aromatic rings. The average Bonchev–Trinajstić information content (AvgIpc) is 2.87. The summed E-state index contributed by atoms with van der Waals surface area (Å²) in [4.78, 5) is 13.6. The lowest BCUT2D eigenvalue weighted by atomic mass is 10.0. The number of carbonyl (C=O) groups excluding carboxylic acids is 1. The molecule has 1 fully saturated rings. The van der Waals surface area contributed by atoms with Crippen LogP contribution in [0.25, 0.3) is 0 Å². The van der Waals surface area contributed by atoms with Gasteiger partial charge in [-0.05, 0) is 31.7 Å². The van der Waals surface area contributed by atoms with Gasteiger partial charge < -0.3 is 0 Å². The van der Waals surface area contributed by atoms with Gasteiger partial charge >= 0.3 is 0 Å². The summed E-state index contributed by atoms with van der Waals surface area (Å²) in [6, 6.07) is -0.0967. The quantitative estimate of drug-likeness (QED) is 0.381. The van der Waals surface area contributed by atoms with Gasteiger partial charge in [0.2, 0.25) is 0 Å². The Bertz CT molecular complexity index is 202. The number of hydrogen-bond donors (Lipinski definition) is 2. The number of hydrogen-bond acceptors (Lipinski definition) is 3. The van der Waals surface area contributed by atoms with E-state index in [1.807, 2.05) is 20.9 Å². The van der Waals surface area contributed by atoms with Crippen LogP contribution in [0, 0.1) is 11.8 Å². The number of carbonyl (C=O) groups is 1. The molecule has 0 saturated heterocycles. The topological polar surface area (TPSA) is 58.4 Å². The summed E-state index contributed by atoms with van der Waals surface area (Å²) in [7, 11) is 2.00. The maximum absolute atomic E-state index is 11.5. The first-order valence-electron chi connectivity index (χ1n) is 5.27. The van der Waals surface area contributed by atoms with E-state index >= 15 is 0 Å². The van der Waals surface area contributed by atoms with Crippen molar-refractivity contribution in [1.29, 1.82) is 0 Å². The van der Waals surface area contributed by atoms with Crippen molar-refractivity contribution in [3.63, 3.8) is 0 Å². The van der Waals surface area contributed by atoms with Gasteiger partial charge in [-0.3, -0.25) is 15.1 Å². The number of nitrogens with zero attached hydrogens (tertiary/aromatic N) is 1. The minimum atomic E-state index is -0.0967. The minimum Gasteiger partial charge on any atom is -0.295 e. The van der Waals surface area contributed by atoms with E-state index in [1.165, 1.54) is 12.8 Å². The highest BCUT2D eigenvalue weighted by Gasteiger charge is 2.30. The highest BCUT2D eigenvalue weighted by molar-refractivity contribution is 5.81. The SMILES string of the molecule is CC(C)C(C(=O)NN)N(C)CC1CC1. The van der Waals surface area contributed by atoms with E-state index in [0.717, 1.165) is 12.5 Å². The summed E-state index contributed by atoms with van der Waals surface area (Å²) in [5.74, 6) is 6.18. The first kappa shape index (κ1) is 11.5. The van der Waals surface area contributed by atoms with E-state index in [4.69, 9.17) is 5.84 Å². The molecular formula is C10H21N3O. The van der Waals surface area contributed by atoms with Crippen LogP contribution in [-0.2, 0) is 4.79 Å². The summed E-state index contributed by atoms with van der Waals surface area (Å²) in [5.41, 5.74) is 2.24. The van der Waals surface area contributed by atoms with E-state index in [2.05, 4.69) is 10.3 Å². The van der Waals surface area contributed by atoms with Crippen LogP contribution >= 0.6 is 0 Å². The molecule has 0 aromatic heterocycles. The first-order chi connectivity index (χ1) is 6.56. The monoisotopic (exact) mass is 199 g/mol. The van der Waals surface area contributed by atoms with Crippen molar-refractivity contribution in [2.24, 2.45) is 17.7 Å². The standard InChI is InChI=1S/C10H21N3O/c1-7(2)9(10(14)12-11)13(3)6-8-4-5-8/h7-9H,4-6,11H2,1-3H3,(H,12,14). The van der Waals surface area contributed by atoms with E-state index in [-0.39, 0.29) is 11.9 Å². The van der Waals surface area contributed by atoms with Crippen molar-refractivity contribution in [1.82, 2.24) is 10.3 Å². The Morgan fingerprint density at radius 1 is 1.57 bits per heavy atom. The molecule has 0 aromatic carbocycles. The van der Waals surface area contributed by atoms with Gasteiger partial charge in [-0.25, -0.2) is 5.84 Å². The van der Waals surface area contributed by atoms with Gasteiger partial charge in [-0.1, -0.05) is 13.8 Å². The molecule has 1 rings (SSSR count). The van der Waals surface area contributed by atoms with Crippen LogP contribution in [0.3, 0.4) is 0 Å². The molecule has 1 amide bonds. The second-order valence-electron chi connectivity index (χ2n) is 4.58. The number of hydrazine groups is 1. The number of nitrogens with two attached hydrogens (primary N) is 1. The number of likely N-dealkylation sites (N-methyl/N-ethyl adjacent to an activating group) is 1. The van der Waals surface area contributed by atoms with Gasteiger partial charge in [0.1, 0.15) is 0 Å². The molecule has 14 heavy (non-hydrogen) atoms. The lowest BCUT2D eigenvalue weighted by Crippen LogP contribution is -2.50. The van der Waals surface area contributed by atoms with Crippen molar-refractivity contribution in [2.75, 3.05) is 13.6 Å². The third-order valence-electron chi connectivity index (χ3n) is 2.76. The second kappa shape index (κ2) is 4.75. The molecule has 0 spiro atoms. The van der Waals surface area contributed by atoms with Crippen LogP contribution in [0.4, 0.5) is 0 Å². The molecule has 1 atom stereocenters. The van der Waals surface area contributed by atoms with E-state index in [9.17, 15) is 4.79 Å². The predicted octanol–water partition coefficient (Wildman–Crippen LogP) is 0.343. The normalized spacial score (nSPS) is 18.7. The molecule has 82 valence electrons. The molecule has 1 unspecified atom stereocenters. The first-order valence-corrected chi connectivity index (χ1v) is 5.27. The van der Waals surface area contributed by atoms with Crippen LogP contribution < -0.4 is 11.3 Å². The van der Waals surface area contributed by atoms with Crippen LogP contribution in [0.5, 0.6) is 0 Å². The van der Waals surface area contributed by atoms with Crippen molar-refractivity contribution in [3.05, 3.63) is 0 Å². The zero-order valence-corrected chi connectivity index (χ0v) is 9.29. The molecule has 4 nitrogen and oxygen atoms in total. The van der Waals surface area contributed by atoms with Crippen LogP contribution in [0.2, 0.25) is 0 Å². The van der Waals surface area contributed by atoms with Crippen molar-refractivity contribution < 1.29 is 4.79 Å². The van der Waals surface area contributed by atoms with Crippen LogP contribution in [0.15, 0.2) is 0 Å². The summed E-state index contributed by atoms with van der Waals surface area (Å²) in [6.45, 7) is 5.10. The molecule has 1 aliphatic rings. The highest BCUT2D eigenvalue weighted by Crippen LogP contribution is 2.30. The zero-order chi connectivity index (χ0) is 10.7. The van der Waals surface area contributed by atoms with E-state index in [1.54, 1.807) is 0 Å². The summed E-state index contributed by atoms with van der Waals surface area (Å²) >= 11 is 0. The van der Waals surface area contributed by atoms with Crippen molar-refractivity contribution in [2.45, 2.75) is 32.7 Å². The molecule has 3 N–H and O–H groups in total. The minimum absolute atomic E-state index is 0.0804. The lowest BCUT2D eigenvalue weighted by molar-refractivity contribution is -0.127. The smallest absolute Gasteiger partial charge is 0.251 e. The molecule has 0 aliphatic heterocycles. The summed E-state index contributed by atoms with van der Waals surface area (Å²) < 4.78 is 0. The van der Waals surface area contributed by atoms with Gasteiger partial charge in [0.25, 0.3) is 5.91 Å². The van der Waals surface area contributed by atoms with Gasteiger partial charge in [-0.15, -0.1) is 0 Å². The zero-order valence-electron chi connectivity index (χ0n) is 9.29. The summed E-state index contributed by atoms with van der Waals surface area (Å²) in [5, 5.41) is 0. The van der Waals surface area contributed by atoms with Crippen molar-refractivity contribution in [3.8, 4) is 0 Å². The molecule has 0 radical (unpaired) electrons. The Morgan fingerprint density at radius 2 is 2.14 bits per heavy atom. The highest BCUT2D eigenvalue weighted by atomic mass is 16.2. The fraction of sp³-hybridized carbons (Fsp3) is 0.900. The maximum atomic E-state index is 11.5. The third kappa shape index (κ3) is 2.96. The lowest BCUT2D eigenvalue weighted by Gasteiger charge is -2.29. The molecule has 0 bridgehead atoms. The largest absolute Gasteiger partial charge is 0.295 e. The van der Waals surface area contributed by atoms with E-state index < -0.39 is 0 Å². The van der Waals surface area contributed by atoms with Gasteiger partial charge in [0.15, 0.2) is 0 Å². The van der Waals surface area contributed by atoms with Crippen LogP contribution in [0.1, 0.15) is 26.7 Å². The van der Waals surface area contributed by atoms with Gasteiger partial charge in [0.05, 0.1) is 6.04 Å². The van der Waals surface area contributed by atoms with Gasteiger partial charge in [-0.2, -0.15) is 0 Å². The third-order valence-corrected chi connectivity index (χ3v) is 2.76. The van der Waals surface area contributed by atoms with Crippen LogP contribution in [-0.4, -0.2) is 30.4 Å². The van der Waals surface area contributed by atoms with Crippen molar-refractivity contribution >= 4 is 5.91 Å². The van der Waals surface area contributed by atoms with E-state index in [0.29, 0.717) is 5.92 Å². The molecule has 4 heteroatoms. The number of rotatable bonds is 5. The Labute approximate surface area is 85.8 Å². The Kier molecular flexibility index (Phi) is 3.89. The fourth-order valence-electron chi connectivity index (χ4n) is 1.92. The Morgan fingerprint density at radius 3 is 2.50 bits per heavy atom. The average molecular weight is 199 g/mol. The number of nitrogens with one attached hydrogen (secondary N) is 1. The summed E-state index contributed by atoms with van der Waals surface area (Å²) in [6.07, 6.45) is 2.61. The maximum Gasteiger partial charge on any atom is 0.251 e. The molecular weight excluding hydrogens is 178 g/mol. The van der Waals surface area contributed by atoms with Gasteiger partial charge in [0, 0.05) is 6.54 Å². The molecule has 1 aliphatic carbocycles. The second-order valence-corrected chi connectivity index (χ2v) is 4.58. The fourth-order valence-corrected chi connectivity index (χ4v) is 1.92. The predicted molar refractivity (Wildman–Crippen MR) is 56.3 cm³/mol. The molecule has 1 saturated carbocycles. The number of amides is 1.